The number of thiophene rings is 1. The van der Waals surface area contributed by atoms with Gasteiger partial charge in [-0.15, -0.1) is 11.3 Å². The zero-order chi connectivity index (χ0) is 11.6. The molecule has 0 saturated carbocycles. The first-order valence-electron chi connectivity index (χ1n) is 6.13. The van der Waals surface area contributed by atoms with E-state index in [9.17, 15) is 0 Å². The van der Waals surface area contributed by atoms with Crippen LogP contribution in [0.1, 0.15) is 49.5 Å². The van der Waals surface area contributed by atoms with Gasteiger partial charge in [-0.1, -0.05) is 38.0 Å². The molecule has 0 radical (unpaired) electrons. The smallest absolute Gasteiger partial charge is 0.0800 e. The lowest BCUT2D eigenvalue weighted by molar-refractivity contribution is 0.667. The molecule has 0 spiro atoms. The van der Waals surface area contributed by atoms with Crippen LogP contribution in [-0.2, 0) is 6.42 Å². The van der Waals surface area contributed by atoms with Gasteiger partial charge in [-0.25, -0.2) is 0 Å². The average molecular weight is 235 g/mol. The van der Waals surface area contributed by atoms with E-state index in [2.05, 4.69) is 30.2 Å². The number of aryl methyl sites for hydroxylation is 1. The Balaban J connectivity index is 2.42. The first-order chi connectivity index (χ1) is 7.88. The molecule has 1 rings (SSSR count). The van der Waals surface area contributed by atoms with Gasteiger partial charge in [-0.2, -0.15) is 0 Å². The number of nitrogens with two attached hydrogens (primary N) is 1. The van der Waals surface area contributed by atoms with E-state index in [4.69, 9.17) is 5.73 Å². The monoisotopic (exact) mass is 235 g/mol. The van der Waals surface area contributed by atoms with Crippen molar-refractivity contribution in [2.24, 2.45) is 5.73 Å². The maximum Gasteiger partial charge on any atom is 0.0800 e. The van der Waals surface area contributed by atoms with Gasteiger partial charge in [-0.3, -0.25) is 0 Å². The van der Waals surface area contributed by atoms with E-state index in [0.29, 0.717) is 6.54 Å². The third-order valence-electron chi connectivity index (χ3n) is 2.52. The molecule has 0 amide bonds. The highest BCUT2D eigenvalue weighted by Crippen LogP contribution is 2.18. The van der Waals surface area contributed by atoms with Gasteiger partial charge in [0.1, 0.15) is 0 Å². The molecule has 16 heavy (non-hydrogen) atoms. The summed E-state index contributed by atoms with van der Waals surface area (Å²) in [4.78, 5) is 1.24. The van der Waals surface area contributed by atoms with Crippen molar-refractivity contribution < 1.29 is 0 Å². The Bertz CT molecular complexity index is 343. The summed E-state index contributed by atoms with van der Waals surface area (Å²) in [6.07, 6.45) is 7.24. The summed E-state index contributed by atoms with van der Waals surface area (Å²) in [7, 11) is 0. The molecule has 1 aromatic heterocycles. The van der Waals surface area contributed by atoms with Gasteiger partial charge >= 0.3 is 0 Å². The van der Waals surface area contributed by atoms with Crippen molar-refractivity contribution in [3.8, 4) is 11.8 Å². The van der Waals surface area contributed by atoms with Crippen LogP contribution >= 0.6 is 11.3 Å². The number of rotatable bonds is 6. The topological polar surface area (TPSA) is 26.0 Å². The first kappa shape index (κ1) is 13.3. The molecule has 0 saturated heterocycles. The van der Waals surface area contributed by atoms with E-state index in [-0.39, 0.29) is 0 Å². The van der Waals surface area contributed by atoms with Crippen LogP contribution in [0.2, 0.25) is 0 Å². The van der Waals surface area contributed by atoms with E-state index in [1.807, 2.05) is 0 Å². The summed E-state index contributed by atoms with van der Waals surface area (Å²) < 4.78 is 0. The molecule has 0 unspecified atom stereocenters. The van der Waals surface area contributed by atoms with Crippen LogP contribution < -0.4 is 5.73 Å². The highest BCUT2D eigenvalue weighted by Gasteiger charge is 2.00. The maximum absolute atomic E-state index is 5.42. The Morgan fingerprint density at radius 1 is 1.31 bits per heavy atom. The van der Waals surface area contributed by atoms with Crippen molar-refractivity contribution in [3.63, 3.8) is 0 Å². The fourth-order valence-corrected chi connectivity index (χ4v) is 2.42. The number of hydrogen-bond acceptors (Lipinski definition) is 2. The number of unbranched alkanes of at least 4 members (excludes halogenated alkanes) is 3. The van der Waals surface area contributed by atoms with Crippen LogP contribution in [0.15, 0.2) is 11.4 Å². The molecule has 1 aromatic rings. The predicted molar refractivity (Wildman–Crippen MR) is 72.7 cm³/mol. The molecular formula is C14H21NS. The van der Waals surface area contributed by atoms with Crippen LogP contribution in [-0.4, -0.2) is 6.54 Å². The molecule has 0 aliphatic heterocycles. The van der Waals surface area contributed by atoms with Gasteiger partial charge in [0.25, 0.3) is 0 Å². The summed E-state index contributed by atoms with van der Waals surface area (Å²) >= 11 is 1.75. The fourth-order valence-electron chi connectivity index (χ4n) is 1.60. The molecule has 0 aliphatic carbocycles. The molecule has 0 atom stereocenters. The lowest BCUT2D eigenvalue weighted by Gasteiger charge is -1.98. The third-order valence-corrected chi connectivity index (χ3v) is 3.39. The number of hydrogen-bond donors (Lipinski definition) is 1. The lowest BCUT2D eigenvalue weighted by Crippen LogP contribution is -1.95. The summed E-state index contributed by atoms with van der Waals surface area (Å²) in [6.45, 7) is 2.90. The van der Waals surface area contributed by atoms with Crippen molar-refractivity contribution in [3.05, 3.63) is 21.9 Å². The summed E-state index contributed by atoms with van der Waals surface area (Å²) in [6, 6.07) is 2.21. The van der Waals surface area contributed by atoms with Gasteiger partial charge in [0.15, 0.2) is 0 Å². The Morgan fingerprint density at radius 3 is 2.94 bits per heavy atom. The van der Waals surface area contributed by atoms with E-state index in [1.54, 1.807) is 11.3 Å². The van der Waals surface area contributed by atoms with Crippen molar-refractivity contribution >= 4 is 11.3 Å². The molecule has 1 nitrogen and oxygen atoms in total. The van der Waals surface area contributed by atoms with Crippen LogP contribution in [0.4, 0.5) is 0 Å². The van der Waals surface area contributed by atoms with E-state index in [0.717, 1.165) is 6.42 Å². The largest absolute Gasteiger partial charge is 0.330 e. The van der Waals surface area contributed by atoms with Gasteiger partial charge in [0, 0.05) is 13.0 Å². The zero-order valence-electron chi connectivity index (χ0n) is 10.1. The summed E-state index contributed by atoms with van der Waals surface area (Å²) in [5.74, 6) is 6.34. The van der Waals surface area contributed by atoms with Crippen LogP contribution in [0, 0.1) is 11.8 Å². The Hall–Kier alpha value is -0.780. The second-order valence-corrected chi connectivity index (χ2v) is 4.84. The average Bonchev–Trinajstić information content (AvgIpc) is 2.73. The molecule has 1 heterocycles. The van der Waals surface area contributed by atoms with Crippen molar-refractivity contribution in [1.82, 2.24) is 0 Å². The fraction of sp³-hybridized carbons (Fsp3) is 0.571. The quantitative estimate of drug-likeness (QED) is 0.592. The normalized spacial score (nSPS) is 9.88. The molecule has 0 aromatic carbocycles. The Morgan fingerprint density at radius 2 is 2.19 bits per heavy atom. The summed E-state index contributed by atoms with van der Waals surface area (Å²) in [5.41, 5.74) is 6.84. The minimum Gasteiger partial charge on any atom is -0.330 e. The van der Waals surface area contributed by atoms with E-state index in [1.165, 1.54) is 42.5 Å². The predicted octanol–water partition coefficient (Wildman–Crippen LogP) is 3.57. The minimum atomic E-state index is 0.657. The van der Waals surface area contributed by atoms with Crippen LogP contribution in [0.5, 0.6) is 0 Å². The molecule has 2 heteroatoms. The molecule has 2 N–H and O–H groups in total. The highest BCUT2D eigenvalue weighted by molar-refractivity contribution is 7.10. The Kier molecular flexibility index (Phi) is 6.96. The molecular weight excluding hydrogens is 214 g/mol. The molecule has 88 valence electrons. The molecule has 0 bridgehead atoms. The second kappa shape index (κ2) is 8.38. The van der Waals surface area contributed by atoms with E-state index < -0.39 is 0 Å². The highest BCUT2D eigenvalue weighted by atomic mass is 32.1. The zero-order valence-corrected chi connectivity index (χ0v) is 10.9. The second-order valence-electron chi connectivity index (χ2n) is 3.93. The minimum absolute atomic E-state index is 0.657. The Labute approximate surface area is 103 Å². The maximum atomic E-state index is 5.42. The van der Waals surface area contributed by atoms with Crippen LogP contribution in [0.3, 0.4) is 0 Å². The van der Waals surface area contributed by atoms with Crippen molar-refractivity contribution in [2.75, 3.05) is 6.54 Å². The lowest BCUT2D eigenvalue weighted by atomic mass is 10.1. The van der Waals surface area contributed by atoms with Crippen molar-refractivity contribution in [2.45, 2.75) is 45.4 Å². The van der Waals surface area contributed by atoms with Crippen molar-refractivity contribution in [1.29, 1.82) is 0 Å². The van der Waals surface area contributed by atoms with Gasteiger partial charge in [-0.05, 0) is 29.9 Å². The SMILES string of the molecule is CCCCCCc1ccsc1C#CCCN. The summed E-state index contributed by atoms with van der Waals surface area (Å²) in [5, 5.41) is 2.14. The van der Waals surface area contributed by atoms with Crippen LogP contribution in [0.25, 0.3) is 0 Å². The molecule has 0 fully saturated rings. The van der Waals surface area contributed by atoms with Gasteiger partial charge in [0.2, 0.25) is 0 Å². The molecule has 0 aliphatic rings. The van der Waals surface area contributed by atoms with Gasteiger partial charge in [0.05, 0.1) is 4.88 Å². The van der Waals surface area contributed by atoms with E-state index >= 15 is 0 Å². The first-order valence-corrected chi connectivity index (χ1v) is 7.01. The van der Waals surface area contributed by atoms with Gasteiger partial charge < -0.3 is 5.73 Å². The standard InChI is InChI=1S/C14H21NS/c1-2-3-4-5-8-13-10-12-16-14(13)9-6-7-11-15/h10,12H,2-5,7-8,11,15H2,1H3. The third kappa shape index (κ3) is 4.83.